The molecule has 0 bridgehead atoms. The van der Waals surface area contributed by atoms with Gasteiger partial charge in [-0.2, -0.15) is 5.26 Å². The first-order chi connectivity index (χ1) is 8.20. The Kier molecular flexibility index (Phi) is 3.21. The van der Waals surface area contributed by atoms with Crippen LogP contribution in [0.3, 0.4) is 0 Å². The van der Waals surface area contributed by atoms with Gasteiger partial charge in [-0.3, -0.25) is 0 Å². The Bertz CT molecular complexity index is 573. The second kappa shape index (κ2) is 4.80. The van der Waals surface area contributed by atoms with Gasteiger partial charge in [-0.05, 0) is 24.6 Å². The molecule has 1 aromatic heterocycles. The van der Waals surface area contributed by atoms with Crippen molar-refractivity contribution < 1.29 is 4.74 Å². The molecule has 1 aromatic carbocycles. The van der Waals surface area contributed by atoms with Crippen LogP contribution < -0.4 is 10.5 Å². The highest BCUT2D eigenvalue weighted by molar-refractivity contribution is 7.09. The molecule has 0 unspecified atom stereocenters. The van der Waals surface area contributed by atoms with Crippen molar-refractivity contribution in [1.82, 2.24) is 9.59 Å². The van der Waals surface area contributed by atoms with Gasteiger partial charge in [0.1, 0.15) is 23.1 Å². The van der Waals surface area contributed by atoms with E-state index in [9.17, 15) is 0 Å². The molecule has 2 N–H and O–H groups in total. The van der Waals surface area contributed by atoms with Crippen LogP contribution >= 0.6 is 11.5 Å². The van der Waals surface area contributed by atoms with Crippen LogP contribution in [0.2, 0.25) is 0 Å². The second-order valence-electron chi connectivity index (χ2n) is 3.46. The average Bonchev–Trinajstić information content (AvgIpc) is 2.74. The van der Waals surface area contributed by atoms with Gasteiger partial charge < -0.3 is 10.5 Å². The molecule has 2 aromatic rings. The summed E-state index contributed by atoms with van der Waals surface area (Å²) >= 11 is 1.14. The van der Waals surface area contributed by atoms with E-state index in [1.165, 1.54) is 0 Å². The van der Waals surface area contributed by atoms with Gasteiger partial charge in [0.15, 0.2) is 0 Å². The van der Waals surface area contributed by atoms with Crippen LogP contribution in [0.4, 0.5) is 5.00 Å². The van der Waals surface area contributed by atoms with Gasteiger partial charge in [0.05, 0.1) is 11.6 Å². The van der Waals surface area contributed by atoms with E-state index in [2.05, 4.69) is 15.7 Å². The summed E-state index contributed by atoms with van der Waals surface area (Å²) in [6, 6.07) is 7.36. The molecular weight excluding hydrogens is 236 g/mol. The maximum absolute atomic E-state index is 8.80. The number of rotatable bonds is 3. The van der Waals surface area contributed by atoms with Crippen LogP contribution in [0.25, 0.3) is 0 Å². The highest BCUT2D eigenvalue weighted by Gasteiger charge is 2.07. The summed E-state index contributed by atoms with van der Waals surface area (Å²) in [5.41, 5.74) is 7.81. The van der Waals surface area contributed by atoms with Crippen LogP contribution in [0.5, 0.6) is 5.75 Å². The Morgan fingerprint density at radius 3 is 3.00 bits per heavy atom. The quantitative estimate of drug-likeness (QED) is 0.893. The van der Waals surface area contributed by atoms with Crippen LogP contribution in [0.1, 0.15) is 16.8 Å². The first-order valence-corrected chi connectivity index (χ1v) is 5.68. The van der Waals surface area contributed by atoms with E-state index in [-0.39, 0.29) is 6.61 Å². The minimum atomic E-state index is 0.262. The minimum absolute atomic E-state index is 0.262. The molecule has 0 fully saturated rings. The molecule has 0 saturated carbocycles. The Balaban J connectivity index is 2.14. The van der Waals surface area contributed by atoms with E-state index in [1.807, 2.05) is 13.0 Å². The number of aromatic nitrogens is 2. The number of benzene rings is 1. The normalized spacial score (nSPS) is 9.88. The number of nitrogens with zero attached hydrogens (tertiary/aromatic N) is 3. The second-order valence-corrected chi connectivity index (χ2v) is 4.25. The number of nitrogen functional groups attached to an aromatic ring is 1. The van der Waals surface area contributed by atoms with Gasteiger partial charge in [0.25, 0.3) is 0 Å². The molecule has 0 saturated heterocycles. The largest absolute Gasteiger partial charge is 0.487 e. The first kappa shape index (κ1) is 11.4. The molecule has 0 aliphatic rings. The molecule has 5 nitrogen and oxygen atoms in total. The Hall–Kier alpha value is -2.13. The Morgan fingerprint density at radius 2 is 2.35 bits per heavy atom. The summed E-state index contributed by atoms with van der Waals surface area (Å²) in [5.74, 6) is 0.663. The van der Waals surface area contributed by atoms with Crippen molar-refractivity contribution in [2.45, 2.75) is 13.5 Å². The third-order valence-electron chi connectivity index (χ3n) is 2.27. The summed E-state index contributed by atoms with van der Waals surface area (Å²) in [6.07, 6.45) is 0. The molecule has 0 atom stereocenters. The standard InChI is InChI=1S/C11H10N4OS/c1-7-2-3-8(5-12)4-10(7)16-6-9-11(13)17-15-14-9/h2-4H,6,13H2,1H3. The Labute approximate surface area is 103 Å². The fourth-order valence-electron chi connectivity index (χ4n) is 1.29. The van der Waals surface area contributed by atoms with Crippen LogP contribution in [0.15, 0.2) is 18.2 Å². The molecule has 86 valence electrons. The zero-order valence-electron chi connectivity index (χ0n) is 9.17. The lowest BCUT2D eigenvalue weighted by molar-refractivity contribution is 0.299. The lowest BCUT2D eigenvalue weighted by Gasteiger charge is -2.07. The Morgan fingerprint density at radius 1 is 1.53 bits per heavy atom. The molecule has 0 spiro atoms. The fourth-order valence-corrected chi connectivity index (χ4v) is 1.72. The third kappa shape index (κ3) is 2.52. The maximum atomic E-state index is 8.80. The van der Waals surface area contributed by atoms with E-state index in [0.717, 1.165) is 17.1 Å². The highest BCUT2D eigenvalue weighted by atomic mass is 32.1. The smallest absolute Gasteiger partial charge is 0.136 e. The molecule has 17 heavy (non-hydrogen) atoms. The summed E-state index contributed by atoms with van der Waals surface area (Å²) in [7, 11) is 0. The number of hydrogen-bond acceptors (Lipinski definition) is 6. The molecule has 0 aliphatic heterocycles. The van der Waals surface area contributed by atoms with Gasteiger partial charge >= 0.3 is 0 Å². The fraction of sp³-hybridized carbons (Fsp3) is 0.182. The van der Waals surface area contributed by atoms with Gasteiger partial charge in [0.2, 0.25) is 0 Å². The molecule has 0 amide bonds. The summed E-state index contributed by atoms with van der Waals surface area (Å²) in [4.78, 5) is 0. The van der Waals surface area contributed by atoms with Gasteiger partial charge in [-0.15, -0.1) is 5.10 Å². The predicted octanol–water partition coefficient (Wildman–Crippen LogP) is 1.88. The van der Waals surface area contributed by atoms with Crippen LogP contribution in [-0.4, -0.2) is 9.59 Å². The highest BCUT2D eigenvalue weighted by Crippen LogP contribution is 2.21. The van der Waals surface area contributed by atoms with Crippen LogP contribution in [-0.2, 0) is 6.61 Å². The van der Waals surface area contributed by atoms with Crippen LogP contribution in [0, 0.1) is 18.3 Å². The monoisotopic (exact) mass is 246 g/mol. The van der Waals surface area contributed by atoms with Crippen molar-refractivity contribution in [2.24, 2.45) is 0 Å². The molecule has 6 heteroatoms. The SMILES string of the molecule is Cc1ccc(C#N)cc1OCc1nnsc1N. The zero-order valence-corrected chi connectivity index (χ0v) is 9.99. The van der Waals surface area contributed by atoms with Crippen molar-refractivity contribution >= 4 is 16.5 Å². The average molecular weight is 246 g/mol. The van der Waals surface area contributed by atoms with Gasteiger partial charge in [-0.1, -0.05) is 10.6 Å². The minimum Gasteiger partial charge on any atom is -0.487 e. The molecule has 0 aliphatic carbocycles. The third-order valence-corrected chi connectivity index (χ3v) is 2.86. The van der Waals surface area contributed by atoms with Crippen molar-refractivity contribution in [2.75, 3.05) is 5.73 Å². The van der Waals surface area contributed by atoms with E-state index in [4.69, 9.17) is 15.7 Å². The van der Waals surface area contributed by atoms with Crippen molar-refractivity contribution in [3.63, 3.8) is 0 Å². The number of hydrogen-bond donors (Lipinski definition) is 1. The molecule has 0 radical (unpaired) electrons. The molecule has 1 heterocycles. The summed E-state index contributed by atoms with van der Waals surface area (Å²) in [5, 5.41) is 13.2. The molecular formula is C11H10N4OS. The first-order valence-electron chi connectivity index (χ1n) is 4.91. The molecule has 2 rings (SSSR count). The predicted molar refractivity (Wildman–Crippen MR) is 64.5 cm³/mol. The van der Waals surface area contributed by atoms with Gasteiger partial charge in [-0.25, -0.2) is 0 Å². The van der Waals surface area contributed by atoms with Crippen molar-refractivity contribution in [1.29, 1.82) is 5.26 Å². The summed E-state index contributed by atoms with van der Waals surface area (Å²) < 4.78 is 9.30. The number of nitrogens with two attached hydrogens (primary N) is 1. The number of anilines is 1. The van der Waals surface area contributed by atoms with E-state index >= 15 is 0 Å². The lowest BCUT2D eigenvalue weighted by Crippen LogP contribution is -2.00. The number of nitriles is 1. The topological polar surface area (TPSA) is 84.8 Å². The number of ether oxygens (including phenoxy) is 1. The lowest BCUT2D eigenvalue weighted by atomic mass is 10.1. The van der Waals surface area contributed by atoms with E-state index < -0.39 is 0 Å². The number of aryl methyl sites for hydroxylation is 1. The van der Waals surface area contributed by atoms with E-state index in [0.29, 0.717) is 22.0 Å². The zero-order chi connectivity index (χ0) is 12.3. The van der Waals surface area contributed by atoms with E-state index in [1.54, 1.807) is 12.1 Å². The van der Waals surface area contributed by atoms with Crippen molar-refractivity contribution in [3.8, 4) is 11.8 Å². The summed E-state index contributed by atoms with van der Waals surface area (Å²) in [6.45, 7) is 2.18. The van der Waals surface area contributed by atoms with Crippen molar-refractivity contribution in [3.05, 3.63) is 35.0 Å². The maximum Gasteiger partial charge on any atom is 0.136 e. The van der Waals surface area contributed by atoms with Gasteiger partial charge in [0, 0.05) is 11.5 Å².